The van der Waals surface area contributed by atoms with Crippen LogP contribution in [0.15, 0.2) is 41.5 Å². The fourth-order valence-corrected chi connectivity index (χ4v) is 3.82. The van der Waals surface area contributed by atoms with Crippen LogP contribution in [0.3, 0.4) is 0 Å². The minimum Gasteiger partial charge on any atom is -0.367 e. The van der Waals surface area contributed by atoms with E-state index in [0.29, 0.717) is 24.0 Å². The lowest BCUT2D eigenvalue weighted by Gasteiger charge is -2.19. The zero-order valence-electron chi connectivity index (χ0n) is 16.6. The highest BCUT2D eigenvalue weighted by Crippen LogP contribution is 2.29. The Morgan fingerprint density at radius 3 is 2.57 bits per heavy atom. The number of nitrogens with zero attached hydrogens (tertiary/aromatic N) is 3. The number of anilines is 2. The summed E-state index contributed by atoms with van der Waals surface area (Å²) in [7, 11) is 0. The third-order valence-electron chi connectivity index (χ3n) is 5.36. The average Bonchev–Trinajstić information content (AvgIpc) is 3.22. The third kappa shape index (κ3) is 3.90. The first-order chi connectivity index (χ1) is 14.4. The Kier molecular flexibility index (Phi) is 5.48. The first kappa shape index (κ1) is 20.0. The molecule has 0 saturated carbocycles. The summed E-state index contributed by atoms with van der Waals surface area (Å²) in [4.78, 5) is 30.8. The van der Waals surface area contributed by atoms with Gasteiger partial charge in [0.05, 0.1) is 17.2 Å². The molecule has 1 saturated heterocycles. The Balaban J connectivity index is 1.45. The van der Waals surface area contributed by atoms with Gasteiger partial charge in [0, 0.05) is 31.7 Å². The van der Waals surface area contributed by atoms with Crippen LogP contribution in [-0.2, 0) is 11.3 Å². The molecule has 0 unspecified atom stereocenters. The molecule has 0 radical (unpaired) electrons. The second-order valence-corrected chi connectivity index (χ2v) is 7.50. The van der Waals surface area contributed by atoms with Crippen LogP contribution in [0.4, 0.5) is 20.2 Å². The van der Waals surface area contributed by atoms with Crippen molar-refractivity contribution >= 4 is 28.2 Å². The number of para-hydroxylation sites is 1. The second kappa shape index (κ2) is 8.22. The van der Waals surface area contributed by atoms with Gasteiger partial charge in [0.1, 0.15) is 5.69 Å². The fourth-order valence-electron chi connectivity index (χ4n) is 3.82. The summed E-state index contributed by atoms with van der Waals surface area (Å²) in [6.07, 6.45) is 3.19. The molecule has 0 atom stereocenters. The number of fused-ring (bicyclic) bond motifs is 1. The molecule has 0 spiro atoms. The first-order valence-corrected chi connectivity index (χ1v) is 9.92. The molecule has 2 heterocycles. The molecule has 4 rings (SSSR count). The number of amides is 1. The lowest BCUT2D eigenvalue weighted by molar-refractivity contribution is -0.116. The van der Waals surface area contributed by atoms with Crippen molar-refractivity contribution in [2.75, 3.05) is 23.3 Å². The Morgan fingerprint density at radius 2 is 1.87 bits per heavy atom. The zero-order valence-corrected chi connectivity index (χ0v) is 16.6. The van der Waals surface area contributed by atoms with Crippen molar-refractivity contribution in [3.05, 3.63) is 64.2 Å². The minimum absolute atomic E-state index is 0.0317. The minimum atomic E-state index is -0.697. The van der Waals surface area contributed by atoms with Crippen molar-refractivity contribution in [2.24, 2.45) is 0 Å². The number of carbonyl (C=O) groups excluding carboxylic acids is 1. The van der Waals surface area contributed by atoms with Gasteiger partial charge in [0.15, 0.2) is 11.6 Å². The highest BCUT2D eigenvalue weighted by atomic mass is 19.1. The van der Waals surface area contributed by atoms with E-state index in [4.69, 9.17) is 0 Å². The van der Waals surface area contributed by atoms with E-state index >= 15 is 0 Å². The van der Waals surface area contributed by atoms with E-state index in [-0.39, 0.29) is 29.9 Å². The summed E-state index contributed by atoms with van der Waals surface area (Å²) in [5.41, 5.74) is 1.30. The molecule has 30 heavy (non-hydrogen) atoms. The maximum absolute atomic E-state index is 14.4. The topological polar surface area (TPSA) is 67.2 Å². The molecule has 8 heteroatoms. The normalized spacial score (nSPS) is 13.8. The molecule has 2 aromatic carbocycles. The number of benzene rings is 2. The lowest BCUT2D eigenvalue weighted by Crippen LogP contribution is -2.24. The quantitative estimate of drug-likeness (QED) is 0.695. The van der Waals surface area contributed by atoms with E-state index in [1.807, 2.05) is 13.0 Å². The molecule has 1 aliphatic rings. The number of nitrogens with one attached hydrogen (secondary N) is 1. The van der Waals surface area contributed by atoms with E-state index < -0.39 is 17.5 Å². The van der Waals surface area contributed by atoms with Crippen molar-refractivity contribution in [3.63, 3.8) is 0 Å². The number of aryl methyl sites for hydroxylation is 2. The van der Waals surface area contributed by atoms with Gasteiger partial charge in [-0.1, -0.05) is 12.1 Å². The molecule has 156 valence electrons. The van der Waals surface area contributed by atoms with Crippen LogP contribution in [0.2, 0.25) is 0 Å². The maximum atomic E-state index is 14.4. The average molecular weight is 412 g/mol. The van der Waals surface area contributed by atoms with Crippen LogP contribution >= 0.6 is 0 Å². The molecule has 6 nitrogen and oxygen atoms in total. The van der Waals surface area contributed by atoms with Gasteiger partial charge in [-0.15, -0.1) is 0 Å². The van der Waals surface area contributed by atoms with Crippen LogP contribution < -0.4 is 15.8 Å². The van der Waals surface area contributed by atoms with Crippen molar-refractivity contribution < 1.29 is 13.6 Å². The highest BCUT2D eigenvalue weighted by molar-refractivity contribution is 5.91. The number of carbonyl (C=O) groups is 1. The van der Waals surface area contributed by atoms with E-state index in [1.165, 1.54) is 10.9 Å². The van der Waals surface area contributed by atoms with Crippen LogP contribution in [0.1, 0.15) is 24.8 Å². The van der Waals surface area contributed by atoms with Gasteiger partial charge >= 0.3 is 0 Å². The summed E-state index contributed by atoms with van der Waals surface area (Å²) in [5, 5.41) is 2.99. The first-order valence-electron chi connectivity index (χ1n) is 9.92. The molecule has 1 N–H and O–H groups in total. The molecule has 1 amide bonds. The second-order valence-electron chi connectivity index (χ2n) is 7.50. The molecule has 1 aliphatic heterocycles. The summed E-state index contributed by atoms with van der Waals surface area (Å²) in [6.45, 7) is 3.22. The molecule has 0 bridgehead atoms. The van der Waals surface area contributed by atoms with Gasteiger partial charge in [-0.2, -0.15) is 0 Å². The van der Waals surface area contributed by atoms with Gasteiger partial charge in [-0.3, -0.25) is 14.2 Å². The lowest BCUT2D eigenvalue weighted by atomic mass is 10.1. The molecular weight excluding hydrogens is 390 g/mol. The smallest absolute Gasteiger partial charge is 0.261 e. The predicted molar refractivity (Wildman–Crippen MR) is 112 cm³/mol. The van der Waals surface area contributed by atoms with Crippen LogP contribution in [0, 0.1) is 18.6 Å². The number of aromatic nitrogens is 2. The van der Waals surface area contributed by atoms with Gasteiger partial charge in [-0.05, 0) is 43.5 Å². The SMILES string of the molecule is Cc1cccc2c(=O)n(CCC(=O)Nc3cc(F)c(N4CCCC4)c(F)c3)cnc12. The van der Waals surface area contributed by atoms with E-state index in [2.05, 4.69) is 10.3 Å². The Labute approximate surface area is 172 Å². The third-order valence-corrected chi connectivity index (χ3v) is 5.36. The number of rotatable bonds is 5. The summed E-state index contributed by atoms with van der Waals surface area (Å²) >= 11 is 0. The maximum Gasteiger partial charge on any atom is 0.261 e. The van der Waals surface area contributed by atoms with Crippen molar-refractivity contribution in [1.29, 1.82) is 0 Å². The fraction of sp³-hybridized carbons (Fsp3) is 0.318. The monoisotopic (exact) mass is 412 g/mol. The Bertz CT molecular complexity index is 1150. The van der Waals surface area contributed by atoms with E-state index in [1.54, 1.807) is 17.0 Å². The summed E-state index contributed by atoms with van der Waals surface area (Å²) < 4.78 is 30.2. The number of halogens is 2. The van der Waals surface area contributed by atoms with E-state index in [0.717, 1.165) is 30.5 Å². The zero-order chi connectivity index (χ0) is 21.3. The van der Waals surface area contributed by atoms with Gasteiger partial charge < -0.3 is 10.2 Å². The van der Waals surface area contributed by atoms with Crippen LogP contribution in [-0.4, -0.2) is 28.5 Å². The number of hydrogen-bond donors (Lipinski definition) is 1. The van der Waals surface area contributed by atoms with Crippen molar-refractivity contribution in [2.45, 2.75) is 32.7 Å². The molecule has 1 fully saturated rings. The molecule has 0 aliphatic carbocycles. The molecule has 1 aromatic heterocycles. The molecular formula is C22H22F2N4O2. The predicted octanol–water partition coefficient (Wildman–Crippen LogP) is 3.61. The highest BCUT2D eigenvalue weighted by Gasteiger charge is 2.21. The van der Waals surface area contributed by atoms with E-state index in [9.17, 15) is 18.4 Å². The van der Waals surface area contributed by atoms with Gasteiger partial charge in [0.25, 0.3) is 5.56 Å². The number of hydrogen-bond acceptors (Lipinski definition) is 4. The van der Waals surface area contributed by atoms with Crippen molar-refractivity contribution in [3.8, 4) is 0 Å². The largest absolute Gasteiger partial charge is 0.367 e. The van der Waals surface area contributed by atoms with Gasteiger partial charge in [0.2, 0.25) is 5.91 Å². The van der Waals surface area contributed by atoms with Crippen LogP contribution in [0.5, 0.6) is 0 Å². The van der Waals surface area contributed by atoms with Crippen molar-refractivity contribution in [1.82, 2.24) is 9.55 Å². The summed E-state index contributed by atoms with van der Waals surface area (Å²) in [6, 6.07) is 7.61. The standard InChI is InChI=1S/C22H22F2N4O2/c1-14-5-4-6-16-20(14)25-13-28(22(16)30)10-7-19(29)26-15-11-17(23)21(18(24)12-15)27-8-2-3-9-27/h4-6,11-13H,2-3,7-10H2,1H3,(H,26,29). The van der Waals surface area contributed by atoms with Crippen LogP contribution in [0.25, 0.3) is 10.9 Å². The Morgan fingerprint density at radius 1 is 1.17 bits per heavy atom. The Hall–Kier alpha value is -3.29. The van der Waals surface area contributed by atoms with Gasteiger partial charge in [-0.25, -0.2) is 13.8 Å². The molecule has 3 aromatic rings. The summed E-state index contributed by atoms with van der Waals surface area (Å²) in [5.74, 6) is -1.84.